The van der Waals surface area contributed by atoms with Crippen molar-refractivity contribution in [2.75, 3.05) is 26.9 Å². The molecule has 2 aromatic heterocycles. The minimum Gasteiger partial charge on any atom is -0.474 e. The van der Waals surface area contributed by atoms with Crippen molar-refractivity contribution < 1.29 is 24.5 Å². The van der Waals surface area contributed by atoms with Crippen LogP contribution in [-0.4, -0.2) is 70.2 Å². The third-order valence-electron chi connectivity index (χ3n) is 6.23. The van der Waals surface area contributed by atoms with Crippen molar-refractivity contribution >= 4 is 27.6 Å². The molecule has 164 valence electrons. The number of hydrogen-bond acceptors (Lipinski definition) is 7. The average molecular weight is 436 g/mol. The molecule has 2 aromatic rings. The molecule has 0 aliphatic heterocycles. The molecule has 1 fully saturated rings. The van der Waals surface area contributed by atoms with Gasteiger partial charge in [0.1, 0.15) is 17.3 Å². The molecule has 4 rings (SSSR count). The fourth-order valence-corrected chi connectivity index (χ4v) is 5.78. The SMILES string of the molecule is CN(C(=O)O)C1CCC(Oc2ncnc3sc4c(c23)[C@@H](COCCCO)CC4)CC1. The Hall–Kier alpha value is -1.97. The molecule has 1 amide bonds. The number of carboxylic acid groups (broad SMARTS) is 1. The predicted octanol–water partition coefficient (Wildman–Crippen LogP) is 3.42. The maximum absolute atomic E-state index is 11.2. The molecule has 0 aromatic carbocycles. The van der Waals surface area contributed by atoms with E-state index in [0.29, 0.717) is 31.4 Å². The van der Waals surface area contributed by atoms with Gasteiger partial charge in [-0.05, 0) is 50.5 Å². The van der Waals surface area contributed by atoms with Crippen molar-refractivity contribution in [3.63, 3.8) is 0 Å². The second kappa shape index (κ2) is 9.45. The zero-order valence-corrected chi connectivity index (χ0v) is 18.1. The van der Waals surface area contributed by atoms with Gasteiger partial charge in [-0.15, -0.1) is 11.3 Å². The molecule has 8 nitrogen and oxygen atoms in total. The number of ether oxygens (including phenoxy) is 2. The second-order valence-corrected chi connectivity index (χ2v) is 9.21. The highest BCUT2D eigenvalue weighted by molar-refractivity contribution is 7.19. The van der Waals surface area contributed by atoms with Gasteiger partial charge in [0.25, 0.3) is 0 Å². The summed E-state index contributed by atoms with van der Waals surface area (Å²) in [5.74, 6) is 0.954. The van der Waals surface area contributed by atoms with Crippen LogP contribution in [-0.2, 0) is 11.2 Å². The van der Waals surface area contributed by atoms with Gasteiger partial charge in [-0.2, -0.15) is 0 Å². The summed E-state index contributed by atoms with van der Waals surface area (Å²) >= 11 is 1.72. The van der Waals surface area contributed by atoms with Crippen LogP contribution in [0, 0.1) is 0 Å². The highest BCUT2D eigenvalue weighted by Crippen LogP contribution is 2.46. The normalized spacial score (nSPS) is 23.5. The summed E-state index contributed by atoms with van der Waals surface area (Å²) in [6, 6.07) is 0.0543. The number of thiophene rings is 1. The summed E-state index contributed by atoms with van der Waals surface area (Å²) in [4.78, 5) is 23.9. The molecule has 2 aliphatic rings. The van der Waals surface area contributed by atoms with Crippen LogP contribution in [0.5, 0.6) is 5.88 Å². The zero-order chi connectivity index (χ0) is 21.1. The van der Waals surface area contributed by atoms with E-state index in [1.807, 2.05) is 0 Å². The van der Waals surface area contributed by atoms with Crippen LogP contribution < -0.4 is 4.74 Å². The Morgan fingerprint density at radius 3 is 2.80 bits per heavy atom. The zero-order valence-electron chi connectivity index (χ0n) is 17.2. The Morgan fingerprint density at radius 1 is 1.27 bits per heavy atom. The number of aromatic nitrogens is 2. The molecule has 0 unspecified atom stereocenters. The number of carbonyl (C=O) groups is 1. The van der Waals surface area contributed by atoms with Crippen LogP contribution >= 0.6 is 11.3 Å². The first-order valence-corrected chi connectivity index (χ1v) is 11.5. The molecular weight excluding hydrogens is 406 g/mol. The summed E-state index contributed by atoms with van der Waals surface area (Å²) in [6.07, 6.45) is 6.68. The fourth-order valence-electron chi connectivity index (χ4n) is 4.55. The highest BCUT2D eigenvalue weighted by atomic mass is 32.1. The number of aryl methyl sites for hydroxylation is 1. The van der Waals surface area contributed by atoms with Crippen molar-refractivity contribution in [2.24, 2.45) is 0 Å². The molecular formula is C21H29N3O5S. The molecule has 0 spiro atoms. The largest absolute Gasteiger partial charge is 0.474 e. The standard InChI is InChI=1S/C21H29N3O5S/c1-24(21(26)27)14-4-6-15(7-5-14)29-19-18-17-13(11-28-10-2-9-25)3-8-16(17)30-20(18)23-12-22-19/h12-15,25H,2-11H2,1H3,(H,26,27)/t13-,14?,15?/m1/s1. The van der Waals surface area contributed by atoms with E-state index >= 15 is 0 Å². The van der Waals surface area contributed by atoms with E-state index in [1.54, 1.807) is 24.7 Å². The Bertz CT molecular complexity index is 881. The van der Waals surface area contributed by atoms with E-state index in [2.05, 4.69) is 9.97 Å². The topological polar surface area (TPSA) is 105 Å². The van der Waals surface area contributed by atoms with Gasteiger partial charge in [0.15, 0.2) is 0 Å². The van der Waals surface area contributed by atoms with Crippen LogP contribution in [0.15, 0.2) is 6.33 Å². The maximum atomic E-state index is 11.2. The van der Waals surface area contributed by atoms with Crippen molar-refractivity contribution in [1.82, 2.24) is 14.9 Å². The molecule has 30 heavy (non-hydrogen) atoms. The molecule has 1 saturated carbocycles. The molecule has 2 N–H and O–H groups in total. The third-order valence-corrected chi connectivity index (χ3v) is 7.41. The minimum atomic E-state index is -0.877. The number of aliphatic hydroxyl groups is 1. The van der Waals surface area contributed by atoms with Gasteiger partial charge < -0.3 is 24.6 Å². The number of amides is 1. The number of aliphatic hydroxyl groups excluding tert-OH is 1. The minimum absolute atomic E-state index is 0.0396. The maximum Gasteiger partial charge on any atom is 0.407 e. The van der Waals surface area contributed by atoms with Crippen LogP contribution in [0.25, 0.3) is 10.2 Å². The number of fused-ring (bicyclic) bond motifs is 3. The van der Waals surface area contributed by atoms with Crippen molar-refractivity contribution in [3.05, 3.63) is 16.8 Å². The Balaban J connectivity index is 1.47. The Labute approximate surface area is 179 Å². The first kappa shape index (κ1) is 21.3. The van der Waals surface area contributed by atoms with Crippen LogP contribution in [0.4, 0.5) is 4.79 Å². The number of nitrogens with zero attached hydrogens (tertiary/aromatic N) is 3. The van der Waals surface area contributed by atoms with Gasteiger partial charge >= 0.3 is 6.09 Å². The lowest BCUT2D eigenvalue weighted by molar-refractivity contribution is 0.0890. The third kappa shape index (κ3) is 4.38. The summed E-state index contributed by atoms with van der Waals surface area (Å²) < 4.78 is 12.1. The molecule has 2 aliphatic carbocycles. The Kier molecular flexibility index (Phi) is 6.70. The smallest absolute Gasteiger partial charge is 0.407 e. The van der Waals surface area contributed by atoms with Crippen LogP contribution in [0.2, 0.25) is 0 Å². The summed E-state index contributed by atoms with van der Waals surface area (Å²) in [5.41, 5.74) is 1.27. The van der Waals surface area contributed by atoms with Gasteiger partial charge in [0.2, 0.25) is 5.88 Å². The fraction of sp³-hybridized carbons (Fsp3) is 0.667. The van der Waals surface area contributed by atoms with E-state index in [-0.39, 0.29) is 18.8 Å². The molecule has 9 heteroatoms. The monoisotopic (exact) mass is 435 g/mol. The van der Waals surface area contributed by atoms with Crippen LogP contribution in [0.1, 0.15) is 54.9 Å². The van der Waals surface area contributed by atoms with E-state index in [0.717, 1.165) is 48.7 Å². The van der Waals surface area contributed by atoms with Crippen molar-refractivity contribution in [1.29, 1.82) is 0 Å². The van der Waals surface area contributed by atoms with Gasteiger partial charge in [0.05, 0.1) is 12.0 Å². The van der Waals surface area contributed by atoms with Crippen molar-refractivity contribution in [3.8, 4) is 5.88 Å². The Morgan fingerprint density at radius 2 is 2.07 bits per heavy atom. The first-order chi connectivity index (χ1) is 14.6. The van der Waals surface area contributed by atoms with Crippen molar-refractivity contribution in [2.45, 2.75) is 63.0 Å². The molecule has 0 bridgehead atoms. The first-order valence-electron chi connectivity index (χ1n) is 10.7. The summed E-state index contributed by atoms with van der Waals surface area (Å²) in [6.45, 7) is 1.35. The lowest BCUT2D eigenvalue weighted by atomic mass is 9.92. The summed E-state index contributed by atoms with van der Waals surface area (Å²) in [5, 5.41) is 19.2. The predicted molar refractivity (Wildman–Crippen MR) is 113 cm³/mol. The highest BCUT2D eigenvalue weighted by Gasteiger charge is 2.32. The van der Waals surface area contributed by atoms with Crippen LogP contribution in [0.3, 0.4) is 0 Å². The quantitative estimate of drug-likeness (QED) is 0.612. The second-order valence-electron chi connectivity index (χ2n) is 8.13. The van der Waals surface area contributed by atoms with E-state index in [1.165, 1.54) is 15.3 Å². The van der Waals surface area contributed by atoms with Gasteiger partial charge in [-0.3, -0.25) is 0 Å². The number of rotatable bonds is 8. The molecule has 2 heterocycles. The molecule has 0 radical (unpaired) electrons. The molecule has 0 saturated heterocycles. The summed E-state index contributed by atoms with van der Waals surface area (Å²) in [7, 11) is 1.64. The van der Waals surface area contributed by atoms with E-state index in [9.17, 15) is 9.90 Å². The van der Waals surface area contributed by atoms with Gasteiger partial charge in [0, 0.05) is 37.1 Å². The molecule has 1 atom stereocenters. The van der Waals surface area contributed by atoms with Gasteiger partial charge in [-0.25, -0.2) is 14.8 Å². The lowest BCUT2D eigenvalue weighted by Crippen LogP contribution is -2.40. The van der Waals surface area contributed by atoms with E-state index < -0.39 is 6.09 Å². The van der Waals surface area contributed by atoms with Gasteiger partial charge in [-0.1, -0.05) is 0 Å². The lowest BCUT2D eigenvalue weighted by Gasteiger charge is -2.33. The number of hydrogen-bond donors (Lipinski definition) is 2. The van der Waals surface area contributed by atoms with E-state index in [4.69, 9.17) is 14.6 Å². The average Bonchev–Trinajstić information content (AvgIpc) is 3.31.